The number of esters is 1. The van der Waals surface area contributed by atoms with Gasteiger partial charge in [-0.1, -0.05) is 0 Å². The number of thiophene rings is 1. The molecule has 0 spiro atoms. The van der Waals surface area contributed by atoms with Crippen LogP contribution in [0.5, 0.6) is 0 Å². The molecule has 0 bridgehead atoms. The summed E-state index contributed by atoms with van der Waals surface area (Å²) in [6.45, 7) is 6.37. The maximum Gasteiger partial charge on any atom is 0.349 e. The number of ether oxygens (including phenoxy) is 1. The number of rotatable bonds is 3. The van der Waals surface area contributed by atoms with Crippen LogP contribution >= 0.6 is 23.7 Å². The maximum absolute atomic E-state index is 12.9. The monoisotopic (exact) mass is 368 g/mol. The van der Waals surface area contributed by atoms with Gasteiger partial charge in [0.2, 0.25) is 10.0 Å². The second kappa shape index (κ2) is 7.27. The first-order valence-corrected chi connectivity index (χ1v) is 9.02. The van der Waals surface area contributed by atoms with Crippen molar-refractivity contribution < 1.29 is 17.9 Å². The van der Waals surface area contributed by atoms with Crippen molar-refractivity contribution in [2.75, 3.05) is 20.2 Å². The van der Waals surface area contributed by atoms with Crippen LogP contribution in [0.2, 0.25) is 0 Å². The minimum absolute atomic E-state index is 0. The van der Waals surface area contributed by atoms with Gasteiger partial charge in [-0.15, -0.1) is 23.7 Å². The third-order valence-electron chi connectivity index (χ3n) is 3.41. The number of halogens is 1. The van der Waals surface area contributed by atoms with Crippen molar-refractivity contribution in [3.05, 3.63) is 15.8 Å². The van der Waals surface area contributed by atoms with Gasteiger partial charge in [0.05, 0.1) is 7.11 Å². The van der Waals surface area contributed by atoms with Crippen molar-refractivity contribution in [2.24, 2.45) is 0 Å². The molecular weight excluding hydrogens is 348 g/mol. The minimum atomic E-state index is -3.70. The van der Waals surface area contributed by atoms with E-state index in [1.807, 2.05) is 13.8 Å². The maximum atomic E-state index is 12.9. The normalized spacial score (nSPS) is 22.9. The summed E-state index contributed by atoms with van der Waals surface area (Å²) < 4.78 is 31.9. The number of methoxy groups -OCH3 is 1. The van der Waals surface area contributed by atoms with Crippen LogP contribution in [-0.2, 0) is 14.8 Å². The molecule has 0 amide bonds. The first kappa shape index (κ1) is 19.4. The SMILES string of the molecule is COC(=O)c1scc(C)c1S(=O)(=O)N1CC(C)NC(C)C1.Cl. The molecule has 6 nitrogen and oxygen atoms in total. The number of nitrogens with zero attached hydrogens (tertiary/aromatic N) is 1. The van der Waals surface area contributed by atoms with Crippen molar-refractivity contribution in [3.8, 4) is 0 Å². The topological polar surface area (TPSA) is 75.7 Å². The van der Waals surface area contributed by atoms with Crippen molar-refractivity contribution in [1.29, 1.82) is 0 Å². The van der Waals surface area contributed by atoms with E-state index in [4.69, 9.17) is 4.74 Å². The Morgan fingerprint density at radius 2 is 1.91 bits per heavy atom. The highest BCUT2D eigenvalue weighted by Gasteiger charge is 2.36. The van der Waals surface area contributed by atoms with Crippen LogP contribution < -0.4 is 5.32 Å². The molecule has 2 unspecified atom stereocenters. The Hall–Kier alpha value is -0.670. The summed E-state index contributed by atoms with van der Waals surface area (Å²) in [4.78, 5) is 12.0. The van der Waals surface area contributed by atoms with Crippen molar-refractivity contribution in [3.63, 3.8) is 0 Å². The molecule has 0 saturated carbocycles. The number of nitrogens with one attached hydrogen (secondary N) is 1. The molecule has 1 N–H and O–H groups in total. The van der Waals surface area contributed by atoms with Gasteiger partial charge in [0.1, 0.15) is 9.77 Å². The van der Waals surface area contributed by atoms with Gasteiger partial charge in [-0.25, -0.2) is 13.2 Å². The van der Waals surface area contributed by atoms with Crippen LogP contribution in [0.4, 0.5) is 0 Å². The van der Waals surface area contributed by atoms with Gasteiger partial charge in [0.25, 0.3) is 0 Å². The van der Waals surface area contributed by atoms with Crippen molar-refractivity contribution in [2.45, 2.75) is 37.8 Å². The van der Waals surface area contributed by atoms with Gasteiger partial charge in [-0.05, 0) is 31.7 Å². The Morgan fingerprint density at radius 1 is 1.36 bits per heavy atom. The number of carbonyl (C=O) groups excluding carboxylic acids is 1. The number of sulfonamides is 1. The molecule has 0 aliphatic carbocycles. The Bertz CT molecular complexity index is 634. The van der Waals surface area contributed by atoms with E-state index in [1.54, 1.807) is 12.3 Å². The molecule has 0 aromatic carbocycles. The van der Waals surface area contributed by atoms with Crippen LogP contribution in [-0.4, -0.2) is 51.0 Å². The van der Waals surface area contributed by atoms with E-state index in [0.29, 0.717) is 18.7 Å². The average Bonchev–Trinajstić information content (AvgIpc) is 2.79. The summed E-state index contributed by atoms with van der Waals surface area (Å²) in [5.74, 6) is -0.608. The van der Waals surface area contributed by atoms with Crippen LogP contribution in [0.3, 0.4) is 0 Å². The van der Waals surface area contributed by atoms with Crippen LogP contribution in [0.25, 0.3) is 0 Å². The van der Waals surface area contributed by atoms with E-state index in [1.165, 1.54) is 11.4 Å². The fourth-order valence-corrected chi connectivity index (χ4v) is 5.87. The second-order valence-corrected chi connectivity index (χ2v) is 8.11. The first-order valence-electron chi connectivity index (χ1n) is 6.70. The number of hydrogen-bond donors (Lipinski definition) is 1. The lowest BCUT2D eigenvalue weighted by Crippen LogP contribution is -2.55. The summed E-state index contributed by atoms with van der Waals surface area (Å²) in [5.41, 5.74) is 0.583. The highest BCUT2D eigenvalue weighted by Crippen LogP contribution is 2.30. The zero-order chi connectivity index (χ0) is 15.8. The summed E-state index contributed by atoms with van der Waals surface area (Å²) in [6, 6.07) is 0.146. The molecular formula is C13H21ClN2O4S2. The zero-order valence-electron chi connectivity index (χ0n) is 13.0. The largest absolute Gasteiger partial charge is 0.465 e. The predicted octanol–water partition coefficient (Wildman–Crippen LogP) is 1.64. The average molecular weight is 369 g/mol. The van der Waals surface area contributed by atoms with Crippen LogP contribution in [0.1, 0.15) is 29.1 Å². The van der Waals surface area contributed by atoms with Gasteiger partial charge < -0.3 is 10.1 Å². The molecule has 1 aliphatic heterocycles. The molecule has 1 aliphatic rings. The molecule has 2 atom stereocenters. The lowest BCUT2D eigenvalue weighted by atomic mass is 10.2. The molecule has 0 radical (unpaired) electrons. The molecule has 1 aromatic heterocycles. The Kier molecular flexibility index (Phi) is 6.40. The lowest BCUT2D eigenvalue weighted by Gasteiger charge is -2.35. The van der Waals surface area contributed by atoms with E-state index < -0.39 is 16.0 Å². The van der Waals surface area contributed by atoms with E-state index >= 15 is 0 Å². The summed E-state index contributed by atoms with van der Waals surface area (Å²) in [7, 11) is -2.45. The number of piperazine rings is 1. The molecule has 2 rings (SSSR count). The molecule has 2 heterocycles. The van der Waals surface area contributed by atoms with Crippen LogP contribution in [0.15, 0.2) is 10.3 Å². The third-order valence-corrected chi connectivity index (χ3v) is 6.64. The minimum Gasteiger partial charge on any atom is -0.465 e. The van der Waals surface area contributed by atoms with Gasteiger partial charge in [0.15, 0.2) is 0 Å². The third kappa shape index (κ3) is 3.62. The molecule has 9 heteroatoms. The van der Waals surface area contributed by atoms with Crippen LogP contribution in [0, 0.1) is 6.92 Å². The van der Waals surface area contributed by atoms with Gasteiger partial charge in [-0.2, -0.15) is 4.31 Å². The van der Waals surface area contributed by atoms with Crippen molar-refractivity contribution in [1.82, 2.24) is 9.62 Å². The molecule has 1 aromatic rings. The number of hydrogen-bond acceptors (Lipinski definition) is 6. The highest BCUT2D eigenvalue weighted by atomic mass is 35.5. The second-order valence-electron chi connectivity index (χ2n) is 5.36. The fraction of sp³-hybridized carbons (Fsp3) is 0.615. The van der Waals surface area contributed by atoms with Gasteiger partial charge in [-0.3, -0.25) is 0 Å². The number of aryl methyl sites for hydroxylation is 1. The van der Waals surface area contributed by atoms with Gasteiger partial charge >= 0.3 is 5.97 Å². The molecule has 126 valence electrons. The number of carbonyl (C=O) groups is 1. The van der Waals surface area contributed by atoms with Gasteiger partial charge in [0, 0.05) is 25.2 Å². The smallest absolute Gasteiger partial charge is 0.349 e. The zero-order valence-corrected chi connectivity index (χ0v) is 15.4. The Morgan fingerprint density at radius 3 is 2.41 bits per heavy atom. The fourth-order valence-electron chi connectivity index (χ4n) is 2.59. The van der Waals surface area contributed by atoms with E-state index in [9.17, 15) is 13.2 Å². The molecule has 1 saturated heterocycles. The van der Waals surface area contributed by atoms with E-state index in [2.05, 4.69) is 5.32 Å². The summed E-state index contributed by atoms with van der Waals surface area (Å²) in [5, 5.41) is 4.97. The van der Waals surface area contributed by atoms with Crippen molar-refractivity contribution >= 4 is 39.7 Å². The quantitative estimate of drug-likeness (QED) is 0.821. The Balaban J connectivity index is 0.00000242. The molecule has 22 heavy (non-hydrogen) atoms. The Labute approximate surface area is 141 Å². The first-order chi connectivity index (χ1) is 9.77. The highest BCUT2D eigenvalue weighted by molar-refractivity contribution is 7.89. The van der Waals surface area contributed by atoms with E-state index in [-0.39, 0.29) is 34.3 Å². The lowest BCUT2D eigenvalue weighted by molar-refractivity contribution is 0.0602. The summed E-state index contributed by atoms with van der Waals surface area (Å²) >= 11 is 1.11. The molecule has 1 fully saturated rings. The predicted molar refractivity (Wildman–Crippen MR) is 88.5 cm³/mol. The van der Waals surface area contributed by atoms with E-state index in [0.717, 1.165) is 11.3 Å². The summed E-state index contributed by atoms with van der Waals surface area (Å²) in [6.07, 6.45) is 0. The standard InChI is InChI=1S/C13H20N2O4S2.ClH/c1-8-7-20-11(13(16)19-4)12(8)21(17,18)15-5-9(2)14-10(3)6-15;/h7,9-10,14H,5-6H2,1-4H3;1H.